The van der Waals surface area contributed by atoms with Gasteiger partial charge in [0.25, 0.3) is 0 Å². The minimum atomic E-state index is 0.231. The van der Waals surface area contributed by atoms with Crippen LogP contribution in [0.1, 0.15) is 19.3 Å². The first-order valence-corrected chi connectivity index (χ1v) is 5.93. The van der Waals surface area contributed by atoms with E-state index in [0.29, 0.717) is 11.7 Å². The molecule has 0 aliphatic heterocycles. The lowest BCUT2D eigenvalue weighted by Crippen LogP contribution is -2.35. The average molecular weight is 229 g/mol. The predicted octanol–water partition coefficient (Wildman–Crippen LogP) is 1.32. The van der Waals surface area contributed by atoms with Crippen molar-refractivity contribution in [3.05, 3.63) is 24.5 Å². The van der Waals surface area contributed by atoms with Gasteiger partial charge in [-0.05, 0) is 31.4 Å². The molecule has 3 N–H and O–H groups in total. The Kier molecular flexibility index (Phi) is 2.60. The zero-order valence-electron chi connectivity index (χ0n) is 9.50. The molecule has 1 aliphatic carbocycles. The molecule has 2 unspecified atom stereocenters. The number of hydrogen-bond donors (Lipinski definition) is 2. The van der Waals surface area contributed by atoms with Gasteiger partial charge in [-0.2, -0.15) is 0 Å². The Morgan fingerprint density at radius 2 is 2.06 bits per heavy atom. The first kappa shape index (κ1) is 10.4. The summed E-state index contributed by atoms with van der Waals surface area (Å²) in [5, 5.41) is 3.38. The smallest absolute Gasteiger partial charge is 0.180 e. The maximum absolute atomic E-state index is 6.02. The van der Waals surface area contributed by atoms with Crippen molar-refractivity contribution in [3.63, 3.8) is 0 Å². The highest BCUT2D eigenvalue weighted by molar-refractivity contribution is 5.71. The Balaban J connectivity index is 1.85. The van der Waals surface area contributed by atoms with E-state index < -0.39 is 0 Å². The van der Waals surface area contributed by atoms with E-state index in [4.69, 9.17) is 5.73 Å². The SMILES string of the molecule is NC1CCCC1Nc1ccc2nccnc2n1. The summed E-state index contributed by atoms with van der Waals surface area (Å²) in [5.74, 6) is 0.834. The molecule has 5 heteroatoms. The van der Waals surface area contributed by atoms with Crippen LogP contribution in [-0.4, -0.2) is 27.0 Å². The molecular weight excluding hydrogens is 214 g/mol. The second-order valence-electron chi connectivity index (χ2n) is 4.44. The highest BCUT2D eigenvalue weighted by atomic mass is 15.1. The zero-order valence-corrected chi connectivity index (χ0v) is 9.50. The van der Waals surface area contributed by atoms with Crippen molar-refractivity contribution in [3.8, 4) is 0 Å². The molecule has 1 saturated carbocycles. The van der Waals surface area contributed by atoms with Crippen LogP contribution in [0.5, 0.6) is 0 Å². The summed E-state index contributed by atoms with van der Waals surface area (Å²) in [7, 11) is 0. The molecule has 0 saturated heterocycles. The van der Waals surface area contributed by atoms with E-state index in [1.807, 2.05) is 12.1 Å². The largest absolute Gasteiger partial charge is 0.366 e. The number of aromatic nitrogens is 3. The second kappa shape index (κ2) is 4.25. The lowest BCUT2D eigenvalue weighted by molar-refractivity contribution is 0.636. The molecule has 0 aromatic carbocycles. The summed E-state index contributed by atoms with van der Waals surface area (Å²) in [4.78, 5) is 12.8. The molecule has 0 amide bonds. The maximum Gasteiger partial charge on any atom is 0.180 e. The number of nitrogens with one attached hydrogen (secondary N) is 1. The van der Waals surface area contributed by atoms with Crippen LogP contribution in [-0.2, 0) is 0 Å². The van der Waals surface area contributed by atoms with Gasteiger partial charge in [0.1, 0.15) is 11.3 Å². The van der Waals surface area contributed by atoms with E-state index in [1.165, 1.54) is 6.42 Å². The topological polar surface area (TPSA) is 76.7 Å². The first-order chi connectivity index (χ1) is 8.33. The van der Waals surface area contributed by atoms with Crippen molar-refractivity contribution in [1.82, 2.24) is 15.0 Å². The van der Waals surface area contributed by atoms with Gasteiger partial charge in [-0.25, -0.2) is 9.97 Å². The molecule has 0 spiro atoms. The highest BCUT2D eigenvalue weighted by Gasteiger charge is 2.23. The van der Waals surface area contributed by atoms with Crippen molar-refractivity contribution in [2.75, 3.05) is 5.32 Å². The molecule has 1 fully saturated rings. The van der Waals surface area contributed by atoms with Crippen LogP contribution in [0.15, 0.2) is 24.5 Å². The fourth-order valence-electron chi connectivity index (χ4n) is 2.29. The third kappa shape index (κ3) is 2.06. The number of nitrogens with two attached hydrogens (primary N) is 1. The number of nitrogens with zero attached hydrogens (tertiary/aromatic N) is 3. The van der Waals surface area contributed by atoms with Crippen LogP contribution in [0.2, 0.25) is 0 Å². The lowest BCUT2D eigenvalue weighted by atomic mass is 10.2. The standard InChI is InChI=1S/C12H15N5/c13-8-2-1-3-9(8)16-11-5-4-10-12(17-11)15-7-6-14-10/h4-9H,1-3,13H2,(H,15,16,17). The Morgan fingerprint density at radius 3 is 2.88 bits per heavy atom. The number of fused-ring (bicyclic) bond motifs is 1. The van der Waals surface area contributed by atoms with Gasteiger partial charge in [0.05, 0.1) is 0 Å². The van der Waals surface area contributed by atoms with Crippen LogP contribution in [0.3, 0.4) is 0 Å². The molecule has 17 heavy (non-hydrogen) atoms. The quantitative estimate of drug-likeness (QED) is 0.812. The molecule has 2 heterocycles. The molecule has 88 valence electrons. The Morgan fingerprint density at radius 1 is 1.18 bits per heavy atom. The second-order valence-corrected chi connectivity index (χ2v) is 4.44. The van der Waals surface area contributed by atoms with Crippen LogP contribution < -0.4 is 11.1 Å². The zero-order chi connectivity index (χ0) is 11.7. The molecule has 1 aliphatic rings. The summed E-state index contributed by atoms with van der Waals surface area (Å²) >= 11 is 0. The molecular formula is C12H15N5. The van der Waals surface area contributed by atoms with Gasteiger partial charge in [-0.1, -0.05) is 0 Å². The maximum atomic E-state index is 6.02. The van der Waals surface area contributed by atoms with E-state index >= 15 is 0 Å². The number of anilines is 1. The van der Waals surface area contributed by atoms with Gasteiger partial charge in [0.15, 0.2) is 5.65 Å². The monoisotopic (exact) mass is 229 g/mol. The molecule has 2 aromatic rings. The predicted molar refractivity (Wildman–Crippen MR) is 66.6 cm³/mol. The van der Waals surface area contributed by atoms with Gasteiger partial charge in [-0.3, -0.25) is 4.98 Å². The Labute approximate surface area is 99.5 Å². The summed E-state index contributed by atoms with van der Waals surface area (Å²) in [6, 6.07) is 4.42. The van der Waals surface area contributed by atoms with Gasteiger partial charge in [-0.15, -0.1) is 0 Å². The van der Waals surface area contributed by atoms with E-state index in [-0.39, 0.29) is 6.04 Å². The Bertz CT molecular complexity index is 527. The number of hydrogen-bond acceptors (Lipinski definition) is 5. The fourth-order valence-corrected chi connectivity index (χ4v) is 2.29. The minimum Gasteiger partial charge on any atom is -0.366 e. The van der Waals surface area contributed by atoms with Crippen molar-refractivity contribution in [2.24, 2.45) is 5.73 Å². The van der Waals surface area contributed by atoms with Crippen molar-refractivity contribution >= 4 is 17.0 Å². The highest BCUT2D eigenvalue weighted by Crippen LogP contribution is 2.21. The lowest BCUT2D eigenvalue weighted by Gasteiger charge is -2.17. The van der Waals surface area contributed by atoms with Crippen LogP contribution in [0, 0.1) is 0 Å². The van der Waals surface area contributed by atoms with Crippen LogP contribution >= 0.6 is 0 Å². The molecule has 2 aromatic heterocycles. The summed E-state index contributed by atoms with van der Waals surface area (Å²) < 4.78 is 0. The van der Waals surface area contributed by atoms with Gasteiger partial charge in [0, 0.05) is 24.5 Å². The average Bonchev–Trinajstić information content (AvgIpc) is 2.75. The Hall–Kier alpha value is -1.75. The van der Waals surface area contributed by atoms with E-state index in [2.05, 4.69) is 20.3 Å². The minimum absolute atomic E-state index is 0.231. The number of rotatable bonds is 2. The molecule has 0 bridgehead atoms. The van der Waals surface area contributed by atoms with Crippen LogP contribution in [0.25, 0.3) is 11.2 Å². The van der Waals surface area contributed by atoms with Gasteiger partial charge in [0.2, 0.25) is 0 Å². The van der Waals surface area contributed by atoms with Gasteiger partial charge >= 0.3 is 0 Å². The van der Waals surface area contributed by atoms with Crippen LogP contribution in [0.4, 0.5) is 5.82 Å². The van der Waals surface area contributed by atoms with E-state index in [1.54, 1.807) is 12.4 Å². The normalized spacial score (nSPS) is 24.1. The first-order valence-electron chi connectivity index (χ1n) is 5.93. The summed E-state index contributed by atoms with van der Waals surface area (Å²) in [6.07, 6.45) is 6.71. The van der Waals surface area contributed by atoms with Crippen molar-refractivity contribution in [2.45, 2.75) is 31.3 Å². The molecule has 3 rings (SSSR count). The third-order valence-electron chi connectivity index (χ3n) is 3.23. The van der Waals surface area contributed by atoms with Gasteiger partial charge < -0.3 is 11.1 Å². The van der Waals surface area contributed by atoms with E-state index in [0.717, 1.165) is 24.2 Å². The van der Waals surface area contributed by atoms with Crippen molar-refractivity contribution < 1.29 is 0 Å². The molecule has 5 nitrogen and oxygen atoms in total. The fraction of sp³-hybridized carbons (Fsp3) is 0.417. The third-order valence-corrected chi connectivity index (χ3v) is 3.23. The number of pyridine rings is 1. The summed E-state index contributed by atoms with van der Waals surface area (Å²) in [5.41, 5.74) is 7.51. The molecule has 0 radical (unpaired) electrons. The molecule has 2 atom stereocenters. The summed E-state index contributed by atoms with van der Waals surface area (Å²) in [6.45, 7) is 0. The van der Waals surface area contributed by atoms with Crippen molar-refractivity contribution in [1.29, 1.82) is 0 Å². The van der Waals surface area contributed by atoms with E-state index in [9.17, 15) is 0 Å².